The Morgan fingerprint density at radius 1 is 1.62 bits per heavy atom. The summed E-state index contributed by atoms with van der Waals surface area (Å²) in [5, 5.41) is 8.43. The first-order valence-electron chi connectivity index (χ1n) is 2.74. The van der Waals surface area contributed by atoms with Gasteiger partial charge in [0.05, 0.1) is 18.8 Å². The van der Waals surface area contributed by atoms with Crippen LogP contribution in [0, 0.1) is 0 Å². The minimum atomic E-state index is -0.200. The summed E-state index contributed by atoms with van der Waals surface area (Å²) < 4.78 is 4.85. The quantitative estimate of drug-likeness (QED) is 0.492. The Balaban J connectivity index is 2.20. The van der Waals surface area contributed by atoms with E-state index in [2.05, 4.69) is 0 Å². The van der Waals surface area contributed by atoms with Crippen LogP contribution in [0.25, 0.3) is 0 Å². The first kappa shape index (κ1) is 6.01. The van der Waals surface area contributed by atoms with Crippen molar-refractivity contribution in [2.24, 2.45) is 5.73 Å². The fourth-order valence-corrected chi connectivity index (χ4v) is 0.731. The van der Waals surface area contributed by atoms with Gasteiger partial charge in [0.25, 0.3) is 0 Å². The second-order valence-electron chi connectivity index (χ2n) is 2.33. The summed E-state index contributed by atoms with van der Waals surface area (Å²) >= 11 is 0. The number of rotatable bonds is 2. The van der Waals surface area contributed by atoms with Crippen molar-refractivity contribution < 1.29 is 9.84 Å². The second kappa shape index (κ2) is 2.01. The third-order valence-corrected chi connectivity index (χ3v) is 1.39. The van der Waals surface area contributed by atoms with E-state index in [4.69, 9.17) is 15.6 Å². The third-order valence-electron chi connectivity index (χ3n) is 1.39. The molecule has 1 heterocycles. The number of hydrogen-bond donors (Lipinski definition) is 2. The first-order valence-corrected chi connectivity index (χ1v) is 2.74. The van der Waals surface area contributed by atoms with Gasteiger partial charge in [-0.25, -0.2) is 0 Å². The van der Waals surface area contributed by atoms with Gasteiger partial charge in [-0.15, -0.1) is 0 Å². The highest BCUT2D eigenvalue weighted by molar-refractivity contribution is 4.89. The van der Waals surface area contributed by atoms with E-state index in [1.807, 2.05) is 0 Å². The van der Waals surface area contributed by atoms with Gasteiger partial charge < -0.3 is 15.6 Å². The highest BCUT2D eigenvalue weighted by atomic mass is 16.5. The largest absolute Gasteiger partial charge is 0.396 e. The molecule has 0 aromatic heterocycles. The van der Waals surface area contributed by atoms with Gasteiger partial charge in [-0.3, -0.25) is 0 Å². The molecule has 0 saturated carbocycles. The summed E-state index contributed by atoms with van der Waals surface area (Å²) in [6.07, 6.45) is 0.660. The number of hydrogen-bond acceptors (Lipinski definition) is 3. The second-order valence-corrected chi connectivity index (χ2v) is 2.33. The van der Waals surface area contributed by atoms with E-state index in [0.29, 0.717) is 19.6 Å². The molecule has 1 aliphatic rings. The molecule has 0 atom stereocenters. The van der Waals surface area contributed by atoms with Gasteiger partial charge in [0, 0.05) is 6.61 Å². The number of aliphatic hydroxyl groups is 1. The van der Waals surface area contributed by atoms with Crippen LogP contribution in [0.2, 0.25) is 0 Å². The van der Waals surface area contributed by atoms with Crippen molar-refractivity contribution in [2.75, 3.05) is 19.8 Å². The van der Waals surface area contributed by atoms with E-state index < -0.39 is 0 Å². The van der Waals surface area contributed by atoms with Gasteiger partial charge in [0.2, 0.25) is 0 Å². The average molecular weight is 117 g/mol. The zero-order valence-electron chi connectivity index (χ0n) is 4.76. The highest BCUT2D eigenvalue weighted by Crippen LogP contribution is 2.16. The van der Waals surface area contributed by atoms with Crippen LogP contribution in [-0.4, -0.2) is 30.5 Å². The molecule has 1 fully saturated rings. The molecule has 1 saturated heterocycles. The van der Waals surface area contributed by atoms with Crippen molar-refractivity contribution in [1.82, 2.24) is 0 Å². The Bertz CT molecular complexity index is 80.5. The number of nitrogens with two attached hydrogens (primary N) is 1. The van der Waals surface area contributed by atoms with Gasteiger partial charge in [-0.1, -0.05) is 0 Å². The van der Waals surface area contributed by atoms with E-state index in [0.717, 1.165) is 0 Å². The van der Waals surface area contributed by atoms with Crippen LogP contribution in [0.1, 0.15) is 6.42 Å². The van der Waals surface area contributed by atoms with E-state index in [1.54, 1.807) is 0 Å². The van der Waals surface area contributed by atoms with Crippen molar-refractivity contribution in [3.05, 3.63) is 0 Å². The van der Waals surface area contributed by atoms with E-state index >= 15 is 0 Å². The molecule has 0 aromatic carbocycles. The molecule has 0 unspecified atom stereocenters. The molecule has 3 heteroatoms. The van der Waals surface area contributed by atoms with Gasteiger partial charge in [-0.2, -0.15) is 0 Å². The minimum absolute atomic E-state index is 0.167. The van der Waals surface area contributed by atoms with Crippen LogP contribution in [0.5, 0.6) is 0 Å². The molecule has 1 aliphatic heterocycles. The molecule has 0 aliphatic carbocycles. The van der Waals surface area contributed by atoms with Crippen molar-refractivity contribution in [1.29, 1.82) is 0 Å². The summed E-state index contributed by atoms with van der Waals surface area (Å²) in [4.78, 5) is 0. The molecular weight excluding hydrogens is 106 g/mol. The predicted molar refractivity (Wildman–Crippen MR) is 29.4 cm³/mol. The van der Waals surface area contributed by atoms with Crippen LogP contribution >= 0.6 is 0 Å². The normalized spacial score (nSPS) is 24.8. The smallest absolute Gasteiger partial charge is 0.0670 e. The predicted octanol–water partition coefficient (Wildman–Crippen LogP) is -0.904. The standard InChI is InChI=1S/C5H11NO2/c6-5(1-2-7)3-8-4-5/h7H,1-4,6H2. The molecule has 48 valence electrons. The zero-order chi connectivity index (χ0) is 6.04. The molecule has 3 N–H and O–H groups in total. The molecular formula is C5H11NO2. The van der Waals surface area contributed by atoms with Crippen LogP contribution in [-0.2, 0) is 4.74 Å². The zero-order valence-corrected chi connectivity index (χ0v) is 4.76. The average Bonchev–Trinajstić information content (AvgIpc) is 1.64. The lowest BCUT2D eigenvalue weighted by atomic mass is 9.95. The lowest BCUT2D eigenvalue weighted by molar-refractivity contribution is -0.0628. The summed E-state index contributed by atoms with van der Waals surface area (Å²) in [5.41, 5.74) is 5.43. The SMILES string of the molecule is NC1(CCO)COC1. The molecule has 8 heavy (non-hydrogen) atoms. The fraction of sp³-hybridized carbons (Fsp3) is 1.00. The summed E-state index contributed by atoms with van der Waals surface area (Å²) in [6.45, 7) is 1.38. The fourth-order valence-electron chi connectivity index (χ4n) is 0.731. The Kier molecular flexibility index (Phi) is 1.51. The van der Waals surface area contributed by atoms with Crippen molar-refractivity contribution >= 4 is 0 Å². The van der Waals surface area contributed by atoms with E-state index in [1.165, 1.54) is 0 Å². The Morgan fingerprint density at radius 2 is 2.25 bits per heavy atom. The van der Waals surface area contributed by atoms with Crippen molar-refractivity contribution in [3.63, 3.8) is 0 Å². The topological polar surface area (TPSA) is 55.5 Å². The van der Waals surface area contributed by atoms with Gasteiger partial charge in [0.15, 0.2) is 0 Å². The van der Waals surface area contributed by atoms with Gasteiger partial charge in [0.1, 0.15) is 0 Å². The highest BCUT2D eigenvalue weighted by Gasteiger charge is 2.32. The van der Waals surface area contributed by atoms with E-state index in [9.17, 15) is 0 Å². The summed E-state index contributed by atoms with van der Waals surface area (Å²) in [5.74, 6) is 0. The van der Waals surface area contributed by atoms with Crippen LogP contribution < -0.4 is 5.73 Å². The number of ether oxygens (including phenoxy) is 1. The van der Waals surface area contributed by atoms with Crippen LogP contribution in [0.3, 0.4) is 0 Å². The summed E-state index contributed by atoms with van der Waals surface area (Å²) in [6, 6.07) is 0. The van der Waals surface area contributed by atoms with Gasteiger partial charge >= 0.3 is 0 Å². The third kappa shape index (κ3) is 0.992. The van der Waals surface area contributed by atoms with Crippen molar-refractivity contribution in [3.8, 4) is 0 Å². The number of aliphatic hydroxyl groups excluding tert-OH is 1. The Hall–Kier alpha value is -0.120. The van der Waals surface area contributed by atoms with E-state index in [-0.39, 0.29) is 12.1 Å². The summed E-state index contributed by atoms with van der Waals surface area (Å²) in [7, 11) is 0. The molecule has 0 amide bonds. The maximum atomic E-state index is 8.43. The Morgan fingerprint density at radius 3 is 2.38 bits per heavy atom. The maximum Gasteiger partial charge on any atom is 0.0670 e. The monoisotopic (exact) mass is 117 g/mol. The minimum Gasteiger partial charge on any atom is -0.396 e. The van der Waals surface area contributed by atoms with Crippen LogP contribution in [0.15, 0.2) is 0 Å². The van der Waals surface area contributed by atoms with Crippen molar-refractivity contribution in [2.45, 2.75) is 12.0 Å². The molecule has 0 radical (unpaired) electrons. The molecule has 0 bridgehead atoms. The first-order chi connectivity index (χ1) is 3.77. The molecule has 3 nitrogen and oxygen atoms in total. The van der Waals surface area contributed by atoms with Gasteiger partial charge in [-0.05, 0) is 6.42 Å². The molecule has 0 aromatic rings. The Labute approximate surface area is 48.4 Å². The maximum absolute atomic E-state index is 8.43. The molecule has 1 rings (SSSR count). The molecule has 0 spiro atoms. The van der Waals surface area contributed by atoms with Crippen LogP contribution in [0.4, 0.5) is 0 Å². The lowest BCUT2D eigenvalue weighted by Crippen LogP contribution is -2.57. The lowest BCUT2D eigenvalue weighted by Gasteiger charge is -2.37.